The van der Waals surface area contributed by atoms with Crippen LogP contribution >= 0.6 is 0 Å². The third-order valence-electron chi connectivity index (χ3n) is 2.36. The van der Waals surface area contributed by atoms with E-state index in [-0.39, 0.29) is 6.04 Å². The second-order valence-corrected chi connectivity index (χ2v) is 4.87. The molecular formula is C14H23NO2. The summed E-state index contributed by atoms with van der Waals surface area (Å²) >= 11 is 0. The minimum atomic E-state index is 0.155. The minimum Gasteiger partial charge on any atom is -0.493 e. The van der Waals surface area contributed by atoms with E-state index in [1.54, 1.807) is 7.11 Å². The van der Waals surface area contributed by atoms with Gasteiger partial charge in [-0.2, -0.15) is 0 Å². The zero-order chi connectivity index (χ0) is 12.8. The molecule has 0 aliphatic rings. The number of hydrogen-bond acceptors (Lipinski definition) is 3. The van der Waals surface area contributed by atoms with Crippen molar-refractivity contribution in [3.05, 3.63) is 23.8 Å². The molecule has 1 atom stereocenters. The van der Waals surface area contributed by atoms with E-state index < -0.39 is 0 Å². The van der Waals surface area contributed by atoms with Gasteiger partial charge in [0.25, 0.3) is 0 Å². The van der Waals surface area contributed by atoms with Crippen LogP contribution in [0.15, 0.2) is 18.2 Å². The molecule has 0 amide bonds. The van der Waals surface area contributed by atoms with Gasteiger partial charge in [-0.3, -0.25) is 0 Å². The average molecular weight is 237 g/mol. The molecule has 0 aliphatic carbocycles. The van der Waals surface area contributed by atoms with Crippen LogP contribution in [0.4, 0.5) is 0 Å². The summed E-state index contributed by atoms with van der Waals surface area (Å²) in [6, 6.07) is 6.15. The molecule has 1 unspecified atom stereocenters. The Bertz CT molecular complexity index is 348. The molecule has 0 heterocycles. The van der Waals surface area contributed by atoms with Crippen molar-refractivity contribution in [2.45, 2.75) is 33.2 Å². The summed E-state index contributed by atoms with van der Waals surface area (Å²) < 4.78 is 11.0. The first kappa shape index (κ1) is 13.8. The van der Waals surface area contributed by atoms with Gasteiger partial charge in [0.05, 0.1) is 13.7 Å². The Morgan fingerprint density at radius 1 is 1.18 bits per heavy atom. The Hall–Kier alpha value is -1.22. The second kappa shape index (κ2) is 6.50. The van der Waals surface area contributed by atoms with Crippen LogP contribution in [0.5, 0.6) is 11.5 Å². The highest BCUT2D eigenvalue weighted by Gasteiger charge is 2.07. The lowest BCUT2D eigenvalue weighted by Gasteiger charge is -2.14. The van der Waals surface area contributed by atoms with Crippen molar-refractivity contribution >= 4 is 0 Å². The molecule has 0 spiro atoms. The van der Waals surface area contributed by atoms with E-state index >= 15 is 0 Å². The summed E-state index contributed by atoms with van der Waals surface area (Å²) in [5.74, 6) is 2.09. The Morgan fingerprint density at radius 3 is 2.41 bits per heavy atom. The molecule has 0 radical (unpaired) electrons. The Labute approximate surface area is 104 Å². The van der Waals surface area contributed by atoms with Crippen LogP contribution in [0, 0.1) is 5.92 Å². The molecule has 2 N–H and O–H groups in total. The van der Waals surface area contributed by atoms with Crippen LogP contribution in [0.2, 0.25) is 0 Å². The molecule has 0 aliphatic heterocycles. The fourth-order valence-electron chi connectivity index (χ4n) is 1.59. The zero-order valence-corrected chi connectivity index (χ0v) is 11.2. The highest BCUT2D eigenvalue weighted by atomic mass is 16.5. The molecule has 1 rings (SSSR count). The maximum atomic E-state index is 5.78. The Morgan fingerprint density at radius 2 is 1.88 bits per heavy atom. The van der Waals surface area contributed by atoms with Crippen molar-refractivity contribution in [2.24, 2.45) is 11.7 Å². The van der Waals surface area contributed by atoms with Gasteiger partial charge in [0, 0.05) is 6.04 Å². The second-order valence-electron chi connectivity index (χ2n) is 4.87. The first-order valence-electron chi connectivity index (χ1n) is 6.08. The first-order chi connectivity index (χ1) is 8.02. The van der Waals surface area contributed by atoms with Gasteiger partial charge in [-0.25, -0.2) is 0 Å². The van der Waals surface area contributed by atoms with E-state index in [2.05, 4.69) is 13.8 Å². The highest BCUT2D eigenvalue weighted by Crippen LogP contribution is 2.28. The predicted octanol–water partition coefficient (Wildman–Crippen LogP) is 2.62. The van der Waals surface area contributed by atoms with Gasteiger partial charge in [0.2, 0.25) is 0 Å². The fourth-order valence-corrected chi connectivity index (χ4v) is 1.59. The minimum absolute atomic E-state index is 0.155. The van der Waals surface area contributed by atoms with Crippen molar-refractivity contribution in [1.82, 2.24) is 0 Å². The molecule has 1 aromatic rings. The lowest BCUT2D eigenvalue weighted by molar-refractivity contribution is 0.257. The quantitative estimate of drug-likeness (QED) is 0.827. The van der Waals surface area contributed by atoms with Gasteiger partial charge in [-0.1, -0.05) is 19.9 Å². The van der Waals surface area contributed by atoms with Crippen molar-refractivity contribution in [1.29, 1.82) is 0 Å². The van der Waals surface area contributed by atoms with Gasteiger partial charge < -0.3 is 15.2 Å². The number of hydrogen-bond donors (Lipinski definition) is 1. The molecule has 0 saturated heterocycles. The molecule has 17 heavy (non-hydrogen) atoms. The van der Waals surface area contributed by atoms with Crippen LogP contribution in [0.3, 0.4) is 0 Å². The summed E-state index contributed by atoms with van der Waals surface area (Å²) in [7, 11) is 1.66. The summed E-state index contributed by atoms with van der Waals surface area (Å²) in [5.41, 5.74) is 6.96. The Balaban J connectivity index is 2.78. The van der Waals surface area contributed by atoms with Crippen LogP contribution < -0.4 is 15.2 Å². The van der Waals surface area contributed by atoms with Crippen molar-refractivity contribution in [3.63, 3.8) is 0 Å². The van der Waals surface area contributed by atoms with E-state index in [1.165, 1.54) is 5.56 Å². The van der Waals surface area contributed by atoms with Crippen molar-refractivity contribution in [2.75, 3.05) is 13.7 Å². The van der Waals surface area contributed by atoms with E-state index in [0.29, 0.717) is 12.5 Å². The number of ether oxygens (including phenoxy) is 2. The molecule has 0 bridgehead atoms. The van der Waals surface area contributed by atoms with E-state index in [0.717, 1.165) is 17.9 Å². The highest BCUT2D eigenvalue weighted by molar-refractivity contribution is 5.43. The fraction of sp³-hybridized carbons (Fsp3) is 0.571. The maximum absolute atomic E-state index is 5.78. The summed E-state index contributed by atoms with van der Waals surface area (Å²) in [4.78, 5) is 0. The van der Waals surface area contributed by atoms with Crippen molar-refractivity contribution in [3.8, 4) is 11.5 Å². The molecule has 1 aromatic carbocycles. The van der Waals surface area contributed by atoms with Crippen LogP contribution in [0.25, 0.3) is 0 Å². The molecule has 0 fully saturated rings. The molecule has 0 saturated carbocycles. The van der Waals surface area contributed by atoms with Gasteiger partial charge >= 0.3 is 0 Å². The van der Waals surface area contributed by atoms with Gasteiger partial charge in [-0.05, 0) is 37.0 Å². The number of nitrogens with two attached hydrogens (primary N) is 1. The number of rotatable bonds is 6. The van der Waals surface area contributed by atoms with Gasteiger partial charge in [0.15, 0.2) is 11.5 Å². The van der Waals surface area contributed by atoms with E-state index in [4.69, 9.17) is 15.2 Å². The number of methoxy groups -OCH3 is 1. The largest absolute Gasteiger partial charge is 0.493 e. The zero-order valence-electron chi connectivity index (χ0n) is 11.2. The third-order valence-corrected chi connectivity index (χ3v) is 2.36. The topological polar surface area (TPSA) is 44.5 Å². The molecular weight excluding hydrogens is 214 g/mol. The summed E-state index contributed by atoms with van der Waals surface area (Å²) in [6.45, 7) is 6.94. The SMILES string of the molecule is COc1cc(CC(C)N)ccc1OCC(C)C. The molecule has 96 valence electrons. The first-order valence-corrected chi connectivity index (χ1v) is 6.08. The molecule has 3 nitrogen and oxygen atoms in total. The monoisotopic (exact) mass is 237 g/mol. The number of benzene rings is 1. The lowest BCUT2D eigenvalue weighted by Crippen LogP contribution is -2.17. The van der Waals surface area contributed by atoms with Crippen LogP contribution in [-0.4, -0.2) is 19.8 Å². The van der Waals surface area contributed by atoms with E-state index in [9.17, 15) is 0 Å². The molecule has 0 aromatic heterocycles. The van der Waals surface area contributed by atoms with Crippen molar-refractivity contribution < 1.29 is 9.47 Å². The smallest absolute Gasteiger partial charge is 0.161 e. The normalized spacial score (nSPS) is 12.6. The Kier molecular flexibility index (Phi) is 5.29. The third kappa shape index (κ3) is 4.65. The van der Waals surface area contributed by atoms with Crippen LogP contribution in [0.1, 0.15) is 26.3 Å². The predicted molar refractivity (Wildman–Crippen MR) is 70.7 cm³/mol. The van der Waals surface area contributed by atoms with Crippen LogP contribution in [-0.2, 0) is 6.42 Å². The molecule has 3 heteroatoms. The van der Waals surface area contributed by atoms with E-state index in [1.807, 2.05) is 25.1 Å². The maximum Gasteiger partial charge on any atom is 0.161 e. The lowest BCUT2D eigenvalue weighted by atomic mass is 10.1. The van der Waals surface area contributed by atoms with Gasteiger partial charge in [0.1, 0.15) is 0 Å². The summed E-state index contributed by atoms with van der Waals surface area (Å²) in [5, 5.41) is 0. The summed E-state index contributed by atoms with van der Waals surface area (Å²) in [6.07, 6.45) is 0.848. The van der Waals surface area contributed by atoms with Gasteiger partial charge in [-0.15, -0.1) is 0 Å². The average Bonchev–Trinajstić information content (AvgIpc) is 2.26. The standard InChI is InChI=1S/C14H23NO2/c1-10(2)9-17-13-6-5-12(7-11(3)15)8-14(13)16-4/h5-6,8,10-11H,7,9,15H2,1-4H3.